The summed E-state index contributed by atoms with van der Waals surface area (Å²) >= 11 is 4.56. The zero-order valence-corrected chi connectivity index (χ0v) is 11.4. The Bertz CT molecular complexity index is 705. The topological polar surface area (TPSA) is 29.0 Å². The molecule has 0 aliphatic carbocycles. The molecule has 0 amide bonds. The van der Waals surface area contributed by atoms with Gasteiger partial charge in [-0.2, -0.15) is 0 Å². The molecule has 1 aromatic heterocycles. The van der Waals surface area contributed by atoms with E-state index in [0.717, 1.165) is 22.4 Å². The summed E-state index contributed by atoms with van der Waals surface area (Å²) in [4.78, 5) is 8.60. The zero-order chi connectivity index (χ0) is 13.2. The minimum Gasteiger partial charge on any atom is -0.270 e. The van der Waals surface area contributed by atoms with Crippen LogP contribution in [0.1, 0.15) is 5.56 Å². The van der Waals surface area contributed by atoms with Crippen molar-refractivity contribution in [2.45, 2.75) is 6.92 Å². The third kappa shape index (κ3) is 2.27. The second-order valence-corrected chi connectivity index (χ2v) is 4.76. The molecule has 0 unspecified atom stereocenters. The highest BCUT2D eigenvalue weighted by atomic mass is 32.1. The van der Waals surface area contributed by atoms with E-state index in [0.29, 0.717) is 0 Å². The third-order valence-electron chi connectivity index (χ3n) is 3.00. The lowest BCUT2D eigenvalue weighted by Gasteiger charge is -2.18. The lowest BCUT2D eigenvalue weighted by atomic mass is 10.2. The van der Waals surface area contributed by atoms with E-state index >= 15 is 0 Å². The van der Waals surface area contributed by atoms with Crippen molar-refractivity contribution < 1.29 is 0 Å². The fourth-order valence-corrected chi connectivity index (χ4v) is 2.26. The molecule has 3 rings (SSSR count). The highest BCUT2D eigenvalue weighted by molar-refractivity contribution is 7.82. The van der Waals surface area contributed by atoms with Crippen LogP contribution in [0, 0.1) is 6.92 Å². The number of benzene rings is 2. The Morgan fingerprint density at radius 2 is 1.68 bits per heavy atom. The number of rotatable bonds is 2. The van der Waals surface area contributed by atoms with Crippen LogP contribution in [0.4, 0.5) is 11.5 Å². The summed E-state index contributed by atoms with van der Waals surface area (Å²) in [6, 6.07) is 16.1. The smallest absolute Gasteiger partial charge is 0.154 e. The molecule has 1 heterocycles. The number of thiol groups is 1. The quantitative estimate of drug-likeness (QED) is 0.713. The molecule has 3 nitrogen and oxygen atoms in total. The number of fused-ring (bicyclic) bond motifs is 1. The van der Waals surface area contributed by atoms with Gasteiger partial charge in [0.15, 0.2) is 5.82 Å². The Labute approximate surface area is 117 Å². The molecule has 0 N–H and O–H groups in total. The molecule has 0 saturated heterocycles. The Balaban J connectivity index is 2.11. The first-order valence-corrected chi connectivity index (χ1v) is 6.41. The lowest BCUT2D eigenvalue weighted by Crippen LogP contribution is -2.05. The van der Waals surface area contributed by atoms with Crippen LogP contribution in [0.5, 0.6) is 0 Å². The summed E-state index contributed by atoms with van der Waals surface area (Å²) in [7, 11) is 0. The van der Waals surface area contributed by atoms with Gasteiger partial charge >= 0.3 is 0 Å². The molecule has 0 radical (unpaired) electrons. The molecule has 94 valence electrons. The second kappa shape index (κ2) is 4.90. The predicted octanol–water partition coefficient (Wildman–Crippen LogP) is 3.92. The first-order chi connectivity index (χ1) is 9.25. The molecule has 0 bridgehead atoms. The van der Waals surface area contributed by atoms with Crippen molar-refractivity contribution in [2.75, 3.05) is 4.31 Å². The van der Waals surface area contributed by atoms with Crippen LogP contribution in [0.2, 0.25) is 0 Å². The van der Waals surface area contributed by atoms with Crippen molar-refractivity contribution >= 4 is 35.2 Å². The molecule has 0 fully saturated rings. The SMILES string of the molecule is Cc1ccc(N(S)c2ncnc3ccccc23)cc1. The number of anilines is 2. The number of para-hydroxylation sites is 1. The highest BCUT2D eigenvalue weighted by Gasteiger charge is 2.10. The summed E-state index contributed by atoms with van der Waals surface area (Å²) in [6.07, 6.45) is 1.56. The number of aryl methyl sites for hydroxylation is 1. The molecule has 0 saturated carbocycles. The van der Waals surface area contributed by atoms with Crippen molar-refractivity contribution in [3.8, 4) is 0 Å². The van der Waals surface area contributed by atoms with Crippen molar-refractivity contribution in [3.05, 3.63) is 60.4 Å². The van der Waals surface area contributed by atoms with E-state index in [2.05, 4.69) is 41.8 Å². The fraction of sp³-hybridized carbons (Fsp3) is 0.0667. The largest absolute Gasteiger partial charge is 0.270 e. The Morgan fingerprint density at radius 1 is 0.947 bits per heavy atom. The average Bonchev–Trinajstić information content (AvgIpc) is 2.47. The van der Waals surface area contributed by atoms with E-state index in [4.69, 9.17) is 0 Å². The molecule has 0 spiro atoms. The van der Waals surface area contributed by atoms with Crippen molar-refractivity contribution in [3.63, 3.8) is 0 Å². The van der Waals surface area contributed by atoms with Crippen LogP contribution in [0.25, 0.3) is 10.9 Å². The molecule has 3 aromatic rings. The van der Waals surface area contributed by atoms with Crippen LogP contribution < -0.4 is 4.31 Å². The maximum atomic E-state index is 4.56. The van der Waals surface area contributed by atoms with Gasteiger partial charge < -0.3 is 0 Å². The zero-order valence-electron chi connectivity index (χ0n) is 10.5. The third-order valence-corrected chi connectivity index (χ3v) is 3.42. The molecule has 0 atom stereocenters. The van der Waals surface area contributed by atoms with Gasteiger partial charge in [0.25, 0.3) is 0 Å². The van der Waals surface area contributed by atoms with E-state index in [-0.39, 0.29) is 0 Å². The van der Waals surface area contributed by atoms with Gasteiger partial charge in [-0.15, -0.1) is 0 Å². The van der Waals surface area contributed by atoms with Crippen LogP contribution in [0.15, 0.2) is 54.9 Å². The normalized spacial score (nSPS) is 10.6. The molecular formula is C15H13N3S. The van der Waals surface area contributed by atoms with Gasteiger partial charge in [0.05, 0.1) is 11.2 Å². The molecule has 2 aromatic carbocycles. The number of hydrogen-bond acceptors (Lipinski definition) is 4. The number of hydrogen-bond donors (Lipinski definition) is 1. The summed E-state index contributed by atoms with van der Waals surface area (Å²) in [5.41, 5.74) is 3.12. The molecule has 19 heavy (non-hydrogen) atoms. The fourth-order valence-electron chi connectivity index (χ4n) is 1.97. The summed E-state index contributed by atoms with van der Waals surface area (Å²) < 4.78 is 1.78. The van der Waals surface area contributed by atoms with Crippen LogP contribution in [0.3, 0.4) is 0 Å². The second-order valence-electron chi connectivity index (χ2n) is 4.36. The van der Waals surface area contributed by atoms with Crippen molar-refractivity contribution in [2.24, 2.45) is 0 Å². The summed E-state index contributed by atoms with van der Waals surface area (Å²) in [5, 5.41) is 0.987. The predicted molar refractivity (Wildman–Crippen MR) is 81.8 cm³/mol. The van der Waals surface area contributed by atoms with Gasteiger partial charge in [0.2, 0.25) is 0 Å². The van der Waals surface area contributed by atoms with Gasteiger partial charge in [-0.3, -0.25) is 4.31 Å². The van der Waals surface area contributed by atoms with Gasteiger partial charge in [-0.1, -0.05) is 42.6 Å². The molecule has 0 aliphatic rings. The van der Waals surface area contributed by atoms with Gasteiger partial charge in [-0.25, -0.2) is 9.97 Å². The summed E-state index contributed by atoms with van der Waals surface area (Å²) in [6.45, 7) is 2.06. The minimum absolute atomic E-state index is 0.790. The van der Waals surface area contributed by atoms with E-state index < -0.39 is 0 Å². The van der Waals surface area contributed by atoms with Crippen LogP contribution >= 0.6 is 12.8 Å². The molecule has 0 aliphatic heterocycles. The average molecular weight is 267 g/mol. The Kier molecular flexibility index (Phi) is 3.09. The monoisotopic (exact) mass is 267 g/mol. The summed E-state index contributed by atoms with van der Waals surface area (Å²) in [5.74, 6) is 0.790. The molecular weight excluding hydrogens is 254 g/mol. The van der Waals surface area contributed by atoms with Crippen LogP contribution in [-0.4, -0.2) is 9.97 Å². The Morgan fingerprint density at radius 3 is 2.47 bits per heavy atom. The van der Waals surface area contributed by atoms with Gasteiger partial charge in [0.1, 0.15) is 6.33 Å². The van der Waals surface area contributed by atoms with E-state index in [1.165, 1.54) is 5.56 Å². The Hall–Kier alpha value is -2.07. The first-order valence-electron chi connectivity index (χ1n) is 6.01. The minimum atomic E-state index is 0.790. The number of aromatic nitrogens is 2. The first kappa shape index (κ1) is 12.0. The van der Waals surface area contributed by atoms with Crippen molar-refractivity contribution in [1.82, 2.24) is 9.97 Å². The standard InChI is InChI=1S/C15H13N3S/c1-11-6-8-12(9-7-11)18(19)15-13-4-2-3-5-14(13)16-10-17-15/h2-10,19H,1H3. The van der Waals surface area contributed by atoms with E-state index in [1.807, 2.05) is 36.4 Å². The van der Waals surface area contributed by atoms with E-state index in [9.17, 15) is 0 Å². The molecule has 4 heteroatoms. The number of nitrogens with zero attached hydrogens (tertiary/aromatic N) is 3. The maximum Gasteiger partial charge on any atom is 0.154 e. The van der Waals surface area contributed by atoms with Gasteiger partial charge in [0, 0.05) is 5.39 Å². The lowest BCUT2D eigenvalue weighted by molar-refractivity contribution is 1.19. The van der Waals surface area contributed by atoms with Crippen molar-refractivity contribution in [1.29, 1.82) is 0 Å². The van der Waals surface area contributed by atoms with E-state index in [1.54, 1.807) is 10.6 Å². The van der Waals surface area contributed by atoms with Crippen LogP contribution in [-0.2, 0) is 0 Å². The van der Waals surface area contributed by atoms with Gasteiger partial charge in [-0.05, 0) is 31.2 Å². The maximum absolute atomic E-state index is 4.56. The highest BCUT2D eigenvalue weighted by Crippen LogP contribution is 2.30.